The number of thioether (sulfide) groups is 1. The number of nitrogens with one attached hydrogen (secondary N) is 1. The molecule has 0 aromatic heterocycles. The van der Waals surface area contributed by atoms with E-state index in [9.17, 15) is 0 Å². The molecule has 2 nitrogen and oxygen atoms in total. The predicted molar refractivity (Wildman–Crippen MR) is 87.6 cm³/mol. The minimum atomic E-state index is 0.213. The van der Waals surface area contributed by atoms with E-state index >= 15 is 0 Å². The summed E-state index contributed by atoms with van der Waals surface area (Å²) in [6, 6.07) is 6.42. The second-order valence-corrected chi connectivity index (χ2v) is 7.55. The second kappa shape index (κ2) is 5.76. The lowest BCUT2D eigenvalue weighted by Gasteiger charge is -2.31. The highest BCUT2D eigenvalue weighted by molar-refractivity contribution is 8.14. The summed E-state index contributed by atoms with van der Waals surface area (Å²) < 4.78 is 0. The van der Waals surface area contributed by atoms with E-state index in [4.69, 9.17) is 16.6 Å². The van der Waals surface area contributed by atoms with Gasteiger partial charge in [-0.1, -0.05) is 50.2 Å². The molecule has 1 aromatic rings. The SMILES string of the molecule is Cc1ccc(NC2=NC(C(C)(C)C)CCS2)c(Cl)c1. The molecule has 1 aliphatic rings. The summed E-state index contributed by atoms with van der Waals surface area (Å²) in [4.78, 5) is 4.82. The van der Waals surface area contributed by atoms with Gasteiger partial charge in [0.25, 0.3) is 0 Å². The predicted octanol–water partition coefficient (Wildman–Crippen LogP) is 4.97. The lowest BCUT2D eigenvalue weighted by Crippen LogP contribution is -2.30. The van der Waals surface area contributed by atoms with Crippen molar-refractivity contribution < 1.29 is 0 Å². The Balaban J connectivity index is 2.16. The van der Waals surface area contributed by atoms with Gasteiger partial charge in [-0.3, -0.25) is 4.99 Å². The van der Waals surface area contributed by atoms with E-state index < -0.39 is 0 Å². The lowest BCUT2D eigenvalue weighted by molar-refractivity contribution is 0.316. The highest BCUT2D eigenvalue weighted by atomic mass is 35.5. The largest absolute Gasteiger partial charge is 0.334 e. The fourth-order valence-electron chi connectivity index (χ4n) is 2.04. The molecule has 0 bridgehead atoms. The maximum absolute atomic E-state index is 6.25. The van der Waals surface area contributed by atoms with Crippen LogP contribution < -0.4 is 5.32 Å². The summed E-state index contributed by atoms with van der Waals surface area (Å²) in [6.07, 6.45) is 1.14. The molecule has 0 amide bonds. The zero-order valence-electron chi connectivity index (χ0n) is 12.0. The zero-order valence-corrected chi connectivity index (χ0v) is 13.5. The van der Waals surface area contributed by atoms with Gasteiger partial charge in [0, 0.05) is 5.75 Å². The first-order valence-corrected chi connectivity index (χ1v) is 7.96. The van der Waals surface area contributed by atoms with E-state index in [-0.39, 0.29) is 5.41 Å². The van der Waals surface area contributed by atoms with Crippen molar-refractivity contribution in [2.75, 3.05) is 11.1 Å². The average Bonchev–Trinajstić information content (AvgIpc) is 2.32. The molecule has 2 rings (SSSR count). The lowest BCUT2D eigenvalue weighted by atomic mass is 9.85. The van der Waals surface area contributed by atoms with Crippen LogP contribution in [-0.2, 0) is 0 Å². The summed E-state index contributed by atoms with van der Waals surface area (Å²) in [7, 11) is 0. The number of anilines is 1. The summed E-state index contributed by atoms with van der Waals surface area (Å²) >= 11 is 8.02. The van der Waals surface area contributed by atoms with Gasteiger partial charge in [0.2, 0.25) is 0 Å². The number of aliphatic imine (C=N–C) groups is 1. The first kappa shape index (κ1) is 14.7. The third-order valence-electron chi connectivity index (χ3n) is 3.27. The van der Waals surface area contributed by atoms with E-state index in [0.717, 1.165) is 28.1 Å². The molecule has 0 aliphatic carbocycles. The first-order valence-electron chi connectivity index (χ1n) is 6.60. The number of benzene rings is 1. The van der Waals surface area contributed by atoms with E-state index in [1.54, 1.807) is 11.8 Å². The molecule has 19 heavy (non-hydrogen) atoms. The number of hydrogen-bond donors (Lipinski definition) is 1. The quantitative estimate of drug-likeness (QED) is 0.791. The summed E-state index contributed by atoms with van der Waals surface area (Å²) in [6.45, 7) is 8.77. The Morgan fingerprint density at radius 1 is 1.37 bits per heavy atom. The fraction of sp³-hybridized carbons (Fsp3) is 0.533. The number of hydrogen-bond acceptors (Lipinski definition) is 3. The number of nitrogens with zero attached hydrogens (tertiary/aromatic N) is 1. The summed E-state index contributed by atoms with van der Waals surface area (Å²) in [5, 5.41) is 5.09. The molecule has 1 N–H and O–H groups in total. The van der Waals surface area contributed by atoms with Gasteiger partial charge < -0.3 is 5.32 Å². The number of aryl methyl sites for hydroxylation is 1. The van der Waals surface area contributed by atoms with Gasteiger partial charge in [0.05, 0.1) is 16.8 Å². The molecular weight excluding hydrogens is 276 g/mol. The van der Waals surface area contributed by atoms with Gasteiger partial charge in [-0.05, 0) is 36.5 Å². The molecule has 0 spiro atoms. The normalized spacial score (nSPS) is 20.1. The van der Waals surface area contributed by atoms with Crippen LogP contribution in [0.4, 0.5) is 5.69 Å². The van der Waals surface area contributed by atoms with Crippen LogP contribution in [0.15, 0.2) is 23.2 Å². The Hall–Kier alpha value is -0.670. The second-order valence-electron chi connectivity index (χ2n) is 6.06. The van der Waals surface area contributed by atoms with E-state index in [2.05, 4.69) is 32.2 Å². The van der Waals surface area contributed by atoms with Gasteiger partial charge in [0.1, 0.15) is 0 Å². The molecule has 1 heterocycles. The average molecular weight is 297 g/mol. The molecule has 0 radical (unpaired) electrons. The van der Waals surface area contributed by atoms with Gasteiger partial charge >= 0.3 is 0 Å². The zero-order chi connectivity index (χ0) is 14.0. The number of rotatable bonds is 1. The fourth-order valence-corrected chi connectivity index (χ4v) is 3.24. The highest BCUT2D eigenvalue weighted by Crippen LogP contribution is 2.32. The van der Waals surface area contributed by atoms with Crippen LogP contribution in [0.1, 0.15) is 32.8 Å². The van der Waals surface area contributed by atoms with Gasteiger partial charge in [-0.15, -0.1) is 0 Å². The van der Waals surface area contributed by atoms with Crippen LogP contribution in [0.2, 0.25) is 5.02 Å². The molecule has 4 heteroatoms. The van der Waals surface area contributed by atoms with Crippen molar-refractivity contribution in [3.8, 4) is 0 Å². The molecular formula is C15H21ClN2S. The van der Waals surface area contributed by atoms with Gasteiger partial charge in [-0.25, -0.2) is 0 Å². The van der Waals surface area contributed by atoms with Crippen molar-refractivity contribution in [1.29, 1.82) is 0 Å². The van der Waals surface area contributed by atoms with E-state index in [0.29, 0.717) is 6.04 Å². The maximum Gasteiger partial charge on any atom is 0.161 e. The molecule has 0 saturated carbocycles. The Morgan fingerprint density at radius 2 is 2.11 bits per heavy atom. The van der Waals surface area contributed by atoms with Gasteiger partial charge in [-0.2, -0.15) is 0 Å². The van der Waals surface area contributed by atoms with Crippen LogP contribution in [0.5, 0.6) is 0 Å². The maximum atomic E-state index is 6.25. The molecule has 0 saturated heterocycles. The number of amidine groups is 1. The topological polar surface area (TPSA) is 24.4 Å². The third kappa shape index (κ3) is 3.90. The first-order chi connectivity index (χ1) is 8.86. The summed E-state index contributed by atoms with van der Waals surface area (Å²) in [5.41, 5.74) is 2.32. The molecule has 1 atom stereocenters. The van der Waals surface area contributed by atoms with E-state index in [1.165, 1.54) is 5.56 Å². The van der Waals surface area contributed by atoms with Crippen molar-refractivity contribution >= 4 is 34.2 Å². The van der Waals surface area contributed by atoms with Gasteiger partial charge in [0.15, 0.2) is 5.17 Å². The molecule has 1 aromatic carbocycles. The third-order valence-corrected chi connectivity index (χ3v) is 4.50. The Labute approximate surface area is 125 Å². The van der Waals surface area contributed by atoms with Crippen molar-refractivity contribution in [3.63, 3.8) is 0 Å². The minimum absolute atomic E-state index is 0.213. The van der Waals surface area contributed by atoms with Crippen molar-refractivity contribution in [1.82, 2.24) is 0 Å². The van der Waals surface area contributed by atoms with Crippen molar-refractivity contribution in [2.45, 2.75) is 40.2 Å². The molecule has 1 unspecified atom stereocenters. The summed E-state index contributed by atoms with van der Waals surface area (Å²) in [5.74, 6) is 1.11. The van der Waals surface area contributed by atoms with Crippen molar-refractivity contribution in [3.05, 3.63) is 28.8 Å². The van der Waals surface area contributed by atoms with Crippen LogP contribution in [-0.4, -0.2) is 17.0 Å². The smallest absolute Gasteiger partial charge is 0.161 e. The molecule has 1 aliphatic heterocycles. The van der Waals surface area contributed by atoms with Crippen molar-refractivity contribution in [2.24, 2.45) is 10.4 Å². The van der Waals surface area contributed by atoms with E-state index in [1.807, 2.05) is 19.1 Å². The standard InChI is InChI=1S/C15H21ClN2S/c1-10-5-6-12(11(16)9-10)17-14-18-13(7-8-19-14)15(2,3)4/h5-6,9,13H,7-8H2,1-4H3,(H,17,18). The Bertz CT molecular complexity index is 491. The van der Waals surface area contributed by atoms with Crippen LogP contribution in [0.25, 0.3) is 0 Å². The highest BCUT2D eigenvalue weighted by Gasteiger charge is 2.27. The number of halogens is 1. The minimum Gasteiger partial charge on any atom is -0.334 e. The van der Waals surface area contributed by atoms with Crippen LogP contribution in [0, 0.1) is 12.3 Å². The monoisotopic (exact) mass is 296 g/mol. The Kier molecular flexibility index (Phi) is 4.46. The van der Waals surface area contributed by atoms with Crippen LogP contribution in [0.3, 0.4) is 0 Å². The Morgan fingerprint density at radius 3 is 2.74 bits per heavy atom. The molecule has 0 fully saturated rings. The van der Waals surface area contributed by atoms with Crippen LogP contribution >= 0.6 is 23.4 Å². The molecule has 104 valence electrons.